The molecule has 0 aromatic carbocycles. The minimum atomic E-state index is 0.511. The fourth-order valence-corrected chi connectivity index (χ4v) is 1.37. The lowest BCUT2D eigenvalue weighted by molar-refractivity contribution is 0.602. The first-order valence-electron chi connectivity index (χ1n) is 4.70. The molecule has 0 saturated heterocycles. The fourth-order valence-electron chi connectivity index (χ4n) is 1.37. The highest BCUT2D eigenvalue weighted by atomic mass is 15.5. The lowest BCUT2D eigenvalue weighted by Gasteiger charge is -2.04. The lowest BCUT2D eigenvalue weighted by atomic mass is 10.1. The van der Waals surface area contributed by atoms with Crippen molar-refractivity contribution >= 4 is 0 Å². The van der Waals surface area contributed by atoms with Gasteiger partial charge in [-0.1, -0.05) is 0 Å². The number of aromatic nitrogens is 5. The van der Waals surface area contributed by atoms with Crippen molar-refractivity contribution < 1.29 is 0 Å². The molecular weight excluding hydrogens is 192 g/mol. The molecule has 2 aromatic rings. The van der Waals surface area contributed by atoms with Crippen LogP contribution in [0.5, 0.6) is 0 Å². The maximum Gasteiger partial charge on any atom is 0.183 e. The molecule has 0 amide bonds. The molecule has 0 aliphatic rings. The molecule has 0 fully saturated rings. The maximum absolute atomic E-state index is 5.47. The predicted molar refractivity (Wildman–Crippen MR) is 54.8 cm³/mol. The Hall–Kier alpha value is -1.82. The molecule has 0 radical (unpaired) electrons. The highest BCUT2D eigenvalue weighted by molar-refractivity contribution is 5.57. The van der Waals surface area contributed by atoms with Crippen LogP contribution in [-0.4, -0.2) is 31.7 Å². The number of hydrogen-bond donors (Lipinski definition) is 1. The van der Waals surface area contributed by atoms with Gasteiger partial charge in [-0.3, -0.25) is 4.98 Å². The van der Waals surface area contributed by atoms with E-state index >= 15 is 0 Å². The summed E-state index contributed by atoms with van der Waals surface area (Å²) >= 11 is 0. The van der Waals surface area contributed by atoms with Gasteiger partial charge < -0.3 is 5.73 Å². The summed E-state index contributed by atoms with van der Waals surface area (Å²) in [5.74, 6) is 0.714. The third-order valence-electron chi connectivity index (χ3n) is 2.15. The Morgan fingerprint density at radius 2 is 2.33 bits per heavy atom. The summed E-state index contributed by atoms with van der Waals surface area (Å²) in [6.07, 6.45) is 3.50. The number of pyridine rings is 1. The van der Waals surface area contributed by atoms with Crippen LogP contribution in [0.15, 0.2) is 18.5 Å². The maximum atomic E-state index is 5.47. The van der Waals surface area contributed by atoms with Crippen molar-refractivity contribution in [3.8, 4) is 11.4 Å². The van der Waals surface area contributed by atoms with Crippen LogP contribution in [0.4, 0.5) is 0 Å². The van der Waals surface area contributed by atoms with Crippen molar-refractivity contribution in [3.63, 3.8) is 0 Å². The second-order valence-electron chi connectivity index (χ2n) is 3.20. The molecule has 2 heterocycles. The molecule has 6 heteroatoms. The smallest absolute Gasteiger partial charge is 0.183 e. The van der Waals surface area contributed by atoms with Crippen LogP contribution >= 0.6 is 0 Å². The number of tetrazole rings is 1. The van der Waals surface area contributed by atoms with Crippen molar-refractivity contribution in [3.05, 3.63) is 24.0 Å². The summed E-state index contributed by atoms with van der Waals surface area (Å²) in [7, 11) is 0. The van der Waals surface area contributed by atoms with Crippen LogP contribution in [0, 0.1) is 6.92 Å². The van der Waals surface area contributed by atoms with Gasteiger partial charge in [-0.05, 0) is 29.0 Å². The standard InChI is InChI=1S/C9H12N6/c1-7-2-4-11-6-8(7)9-12-13-14-15(9)5-3-10/h2,4,6H,3,5,10H2,1H3. The van der Waals surface area contributed by atoms with Crippen molar-refractivity contribution in [2.24, 2.45) is 5.73 Å². The monoisotopic (exact) mass is 204 g/mol. The molecule has 0 saturated carbocycles. The van der Waals surface area contributed by atoms with E-state index in [9.17, 15) is 0 Å². The number of hydrogen-bond acceptors (Lipinski definition) is 5. The van der Waals surface area contributed by atoms with E-state index in [4.69, 9.17) is 5.73 Å². The summed E-state index contributed by atoms with van der Waals surface area (Å²) in [5, 5.41) is 11.5. The first kappa shape index (κ1) is 9.72. The first-order valence-corrected chi connectivity index (χ1v) is 4.70. The molecule has 0 aliphatic carbocycles. The molecule has 2 rings (SSSR count). The largest absolute Gasteiger partial charge is 0.329 e. The first-order chi connectivity index (χ1) is 7.33. The van der Waals surface area contributed by atoms with E-state index < -0.39 is 0 Å². The number of rotatable bonds is 3. The second kappa shape index (κ2) is 4.14. The van der Waals surface area contributed by atoms with Gasteiger partial charge in [0.15, 0.2) is 5.82 Å². The third-order valence-corrected chi connectivity index (χ3v) is 2.15. The minimum absolute atomic E-state index is 0.511. The van der Waals surface area contributed by atoms with E-state index in [2.05, 4.69) is 20.5 Å². The average molecular weight is 204 g/mol. The molecule has 0 unspecified atom stereocenters. The van der Waals surface area contributed by atoms with E-state index in [1.807, 2.05) is 13.0 Å². The molecule has 15 heavy (non-hydrogen) atoms. The summed E-state index contributed by atoms with van der Waals surface area (Å²) in [5.41, 5.74) is 7.51. The van der Waals surface area contributed by atoms with Gasteiger partial charge in [0.25, 0.3) is 0 Å². The van der Waals surface area contributed by atoms with Gasteiger partial charge in [0, 0.05) is 24.5 Å². The minimum Gasteiger partial charge on any atom is -0.329 e. The highest BCUT2D eigenvalue weighted by Gasteiger charge is 2.10. The van der Waals surface area contributed by atoms with Gasteiger partial charge >= 0.3 is 0 Å². The zero-order valence-corrected chi connectivity index (χ0v) is 8.46. The van der Waals surface area contributed by atoms with Crippen LogP contribution in [0.3, 0.4) is 0 Å². The van der Waals surface area contributed by atoms with Gasteiger partial charge in [0.05, 0.1) is 6.54 Å². The third kappa shape index (κ3) is 1.84. The Morgan fingerprint density at radius 1 is 1.47 bits per heavy atom. The Labute approximate surface area is 87.1 Å². The molecule has 6 nitrogen and oxygen atoms in total. The molecule has 0 spiro atoms. The van der Waals surface area contributed by atoms with E-state index in [0.29, 0.717) is 18.9 Å². The molecule has 0 bridgehead atoms. The van der Waals surface area contributed by atoms with Crippen molar-refractivity contribution in [2.75, 3.05) is 6.54 Å². The molecular formula is C9H12N6. The Balaban J connectivity index is 2.45. The van der Waals surface area contributed by atoms with E-state index in [0.717, 1.165) is 11.1 Å². The van der Waals surface area contributed by atoms with Crippen molar-refractivity contribution in [2.45, 2.75) is 13.5 Å². The topological polar surface area (TPSA) is 82.5 Å². The summed E-state index contributed by atoms with van der Waals surface area (Å²) in [6.45, 7) is 3.12. The Kier molecular flexibility index (Phi) is 2.68. The SMILES string of the molecule is Cc1ccncc1-c1nnnn1CCN. The van der Waals surface area contributed by atoms with Crippen LogP contribution in [0.25, 0.3) is 11.4 Å². The van der Waals surface area contributed by atoms with Crippen LogP contribution in [0.1, 0.15) is 5.56 Å². The predicted octanol–water partition coefficient (Wildman–Crippen LogP) is 0.00222. The quantitative estimate of drug-likeness (QED) is 0.761. The van der Waals surface area contributed by atoms with E-state index in [1.165, 1.54) is 0 Å². The fraction of sp³-hybridized carbons (Fsp3) is 0.333. The number of nitrogens with two attached hydrogens (primary N) is 1. The zero-order chi connectivity index (χ0) is 10.7. The van der Waals surface area contributed by atoms with E-state index in [-0.39, 0.29) is 0 Å². The van der Waals surface area contributed by atoms with Gasteiger partial charge in [-0.25, -0.2) is 4.68 Å². The number of nitrogens with zero attached hydrogens (tertiary/aromatic N) is 5. The molecule has 0 atom stereocenters. The molecule has 2 aromatic heterocycles. The Morgan fingerprint density at radius 3 is 3.07 bits per heavy atom. The molecule has 2 N–H and O–H groups in total. The van der Waals surface area contributed by atoms with Crippen LogP contribution < -0.4 is 5.73 Å². The summed E-state index contributed by atoms with van der Waals surface area (Å²) in [4.78, 5) is 4.06. The van der Waals surface area contributed by atoms with Crippen molar-refractivity contribution in [1.29, 1.82) is 0 Å². The second-order valence-corrected chi connectivity index (χ2v) is 3.20. The summed E-state index contributed by atoms with van der Waals surface area (Å²) in [6, 6.07) is 1.93. The van der Waals surface area contributed by atoms with Crippen LogP contribution in [0.2, 0.25) is 0 Å². The van der Waals surface area contributed by atoms with Gasteiger partial charge in [-0.15, -0.1) is 5.10 Å². The van der Waals surface area contributed by atoms with E-state index in [1.54, 1.807) is 17.1 Å². The molecule has 0 aliphatic heterocycles. The van der Waals surface area contributed by atoms with Gasteiger partial charge in [0.2, 0.25) is 0 Å². The highest BCUT2D eigenvalue weighted by Crippen LogP contribution is 2.18. The summed E-state index contributed by atoms with van der Waals surface area (Å²) < 4.78 is 1.68. The van der Waals surface area contributed by atoms with Gasteiger partial charge in [0.1, 0.15) is 0 Å². The number of aryl methyl sites for hydroxylation is 1. The normalized spacial score (nSPS) is 10.5. The lowest BCUT2D eigenvalue weighted by Crippen LogP contribution is -2.12. The zero-order valence-electron chi connectivity index (χ0n) is 8.46. The molecule has 78 valence electrons. The van der Waals surface area contributed by atoms with Crippen molar-refractivity contribution in [1.82, 2.24) is 25.2 Å². The van der Waals surface area contributed by atoms with Crippen LogP contribution in [-0.2, 0) is 6.54 Å². The average Bonchev–Trinajstić information content (AvgIpc) is 2.67. The Bertz CT molecular complexity index is 449. The van der Waals surface area contributed by atoms with Gasteiger partial charge in [-0.2, -0.15) is 0 Å².